The molecule has 1 saturated heterocycles. The molecule has 6 heteroatoms. The van der Waals surface area contributed by atoms with Crippen molar-refractivity contribution >= 4 is 11.6 Å². The predicted molar refractivity (Wildman–Crippen MR) is 115 cm³/mol. The minimum absolute atomic E-state index is 0.335. The van der Waals surface area contributed by atoms with E-state index in [4.69, 9.17) is 9.47 Å². The van der Waals surface area contributed by atoms with Gasteiger partial charge in [0.25, 0.3) is 0 Å². The Kier molecular flexibility index (Phi) is 6.63. The SMILES string of the molecule is CN=C(NCc1ccc(C)cc1)NC1CCN(c2cc(OC)cc(OC)c2)C1. The van der Waals surface area contributed by atoms with Crippen molar-refractivity contribution in [2.75, 3.05) is 39.3 Å². The molecular formula is C22H30N4O2. The molecule has 0 bridgehead atoms. The Bertz CT molecular complexity index is 782. The fourth-order valence-corrected chi connectivity index (χ4v) is 3.37. The van der Waals surface area contributed by atoms with Crippen LogP contribution < -0.4 is 25.0 Å². The van der Waals surface area contributed by atoms with Gasteiger partial charge in [-0.3, -0.25) is 4.99 Å². The smallest absolute Gasteiger partial charge is 0.191 e. The number of hydrogen-bond acceptors (Lipinski definition) is 4. The monoisotopic (exact) mass is 382 g/mol. The average Bonchev–Trinajstić information content (AvgIpc) is 3.20. The van der Waals surface area contributed by atoms with E-state index >= 15 is 0 Å². The number of anilines is 1. The first kappa shape index (κ1) is 19.9. The molecular weight excluding hydrogens is 352 g/mol. The summed E-state index contributed by atoms with van der Waals surface area (Å²) < 4.78 is 10.8. The third kappa shape index (κ3) is 5.09. The van der Waals surface area contributed by atoms with Crippen LogP contribution in [0.25, 0.3) is 0 Å². The highest BCUT2D eigenvalue weighted by Gasteiger charge is 2.24. The van der Waals surface area contributed by atoms with Crippen molar-refractivity contribution in [2.24, 2.45) is 4.99 Å². The van der Waals surface area contributed by atoms with Crippen LogP contribution in [-0.2, 0) is 6.54 Å². The van der Waals surface area contributed by atoms with Gasteiger partial charge < -0.3 is 25.0 Å². The zero-order chi connectivity index (χ0) is 19.9. The molecule has 0 saturated carbocycles. The molecule has 0 amide bonds. The number of ether oxygens (including phenoxy) is 2. The Morgan fingerprint density at radius 1 is 1.11 bits per heavy atom. The molecule has 2 N–H and O–H groups in total. The molecule has 1 aliphatic heterocycles. The van der Waals surface area contributed by atoms with Crippen LogP contribution in [0.5, 0.6) is 11.5 Å². The van der Waals surface area contributed by atoms with Gasteiger partial charge in [-0.1, -0.05) is 29.8 Å². The molecule has 1 heterocycles. The fraction of sp³-hybridized carbons (Fsp3) is 0.409. The van der Waals surface area contributed by atoms with Gasteiger partial charge in [0.1, 0.15) is 11.5 Å². The average molecular weight is 383 g/mol. The Morgan fingerprint density at radius 2 is 1.79 bits per heavy atom. The number of rotatable bonds is 6. The summed E-state index contributed by atoms with van der Waals surface area (Å²) in [5.74, 6) is 2.44. The third-order valence-corrected chi connectivity index (χ3v) is 5.03. The standard InChI is InChI=1S/C22H30N4O2/c1-16-5-7-17(8-6-16)14-24-22(23-2)25-18-9-10-26(15-18)19-11-20(27-3)13-21(12-19)28-4/h5-8,11-13,18H,9-10,14-15H2,1-4H3,(H2,23,24,25). The van der Waals surface area contributed by atoms with Crippen molar-refractivity contribution in [1.82, 2.24) is 10.6 Å². The molecule has 150 valence electrons. The van der Waals surface area contributed by atoms with Gasteiger partial charge in [-0.15, -0.1) is 0 Å². The Balaban J connectivity index is 1.56. The second kappa shape index (κ2) is 9.35. The van der Waals surface area contributed by atoms with E-state index in [1.165, 1.54) is 11.1 Å². The Hall–Kier alpha value is -2.89. The summed E-state index contributed by atoms with van der Waals surface area (Å²) in [6.45, 7) is 4.73. The maximum Gasteiger partial charge on any atom is 0.191 e. The highest BCUT2D eigenvalue weighted by molar-refractivity contribution is 5.80. The van der Waals surface area contributed by atoms with Gasteiger partial charge in [-0.05, 0) is 18.9 Å². The number of guanidine groups is 1. The van der Waals surface area contributed by atoms with Crippen molar-refractivity contribution in [1.29, 1.82) is 0 Å². The van der Waals surface area contributed by atoms with Crippen LogP contribution in [0.15, 0.2) is 47.5 Å². The second-order valence-corrected chi connectivity index (χ2v) is 7.06. The molecule has 0 aromatic heterocycles. The Morgan fingerprint density at radius 3 is 2.39 bits per heavy atom. The number of methoxy groups -OCH3 is 2. The van der Waals surface area contributed by atoms with E-state index in [2.05, 4.69) is 63.8 Å². The summed E-state index contributed by atoms with van der Waals surface area (Å²) in [7, 11) is 5.16. The second-order valence-electron chi connectivity index (χ2n) is 7.06. The van der Waals surface area contributed by atoms with Crippen LogP contribution in [0.2, 0.25) is 0 Å². The van der Waals surface area contributed by atoms with E-state index in [-0.39, 0.29) is 0 Å². The molecule has 3 rings (SSSR count). The zero-order valence-corrected chi connectivity index (χ0v) is 17.2. The van der Waals surface area contributed by atoms with Gasteiger partial charge in [0.2, 0.25) is 0 Å². The van der Waals surface area contributed by atoms with Gasteiger partial charge in [0, 0.05) is 56.6 Å². The van der Waals surface area contributed by atoms with Crippen molar-refractivity contribution < 1.29 is 9.47 Å². The molecule has 1 atom stereocenters. The van der Waals surface area contributed by atoms with Crippen LogP contribution in [0.3, 0.4) is 0 Å². The minimum Gasteiger partial charge on any atom is -0.497 e. The summed E-state index contributed by atoms with van der Waals surface area (Å²) in [4.78, 5) is 6.72. The van der Waals surface area contributed by atoms with E-state index in [1.54, 1.807) is 14.2 Å². The third-order valence-electron chi connectivity index (χ3n) is 5.03. The molecule has 6 nitrogen and oxygen atoms in total. The van der Waals surface area contributed by atoms with Crippen molar-refractivity contribution in [3.8, 4) is 11.5 Å². The predicted octanol–water partition coefficient (Wildman–Crippen LogP) is 2.96. The van der Waals surface area contributed by atoms with Crippen molar-refractivity contribution in [3.05, 3.63) is 53.6 Å². The largest absolute Gasteiger partial charge is 0.497 e. The number of aliphatic imine (C=N–C) groups is 1. The number of benzene rings is 2. The van der Waals surface area contributed by atoms with Crippen LogP contribution in [0.4, 0.5) is 5.69 Å². The van der Waals surface area contributed by atoms with Crippen LogP contribution in [0, 0.1) is 6.92 Å². The van der Waals surface area contributed by atoms with Gasteiger partial charge in [-0.2, -0.15) is 0 Å². The molecule has 1 unspecified atom stereocenters. The highest BCUT2D eigenvalue weighted by Crippen LogP contribution is 2.30. The lowest BCUT2D eigenvalue weighted by Crippen LogP contribution is -2.44. The zero-order valence-electron chi connectivity index (χ0n) is 17.2. The van der Waals surface area contributed by atoms with Gasteiger partial charge in [0.05, 0.1) is 14.2 Å². The molecule has 0 aliphatic carbocycles. The van der Waals surface area contributed by atoms with Crippen molar-refractivity contribution in [2.45, 2.75) is 25.9 Å². The topological polar surface area (TPSA) is 58.1 Å². The van der Waals surface area contributed by atoms with Gasteiger partial charge in [0.15, 0.2) is 5.96 Å². The van der Waals surface area contributed by atoms with Crippen LogP contribution >= 0.6 is 0 Å². The first-order valence-corrected chi connectivity index (χ1v) is 9.62. The summed E-state index contributed by atoms with van der Waals surface area (Å²) in [5.41, 5.74) is 3.62. The maximum atomic E-state index is 5.40. The van der Waals surface area contributed by atoms with E-state index in [0.29, 0.717) is 6.04 Å². The lowest BCUT2D eigenvalue weighted by atomic mass is 10.1. The number of hydrogen-bond donors (Lipinski definition) is 2. The molecule has 1 fully saturated rings. The van der Waals surface area contributed by atoms with Crippen molar-refractivity contribution in [3.63, 3.8) is 0 Å². The molecule has 0 spiro atoms. The number of nitrogens with one attached hydrogen (secondary N) is 2. The minimum atomic E-state index is 0.335. The fourth-order valence-electron chi connectivity index (χ4n) is 3.37. The number of aryl methyl sites for hydroxylation is 1. The first-order chi connectivity index (χ1) is 13.6. The van der Waals surface area contributed by atoms with E-state index in [9.17, 15) is 0 Å². The van der Waals surface area contributed by atoms with E-state index in [1.807, 2.05) is 13.1 Å². The summed E-state index contributed by atoms with van der Waals surface area (Å²) in [6, 6.07) is 14.9. The van der Waals surface area contributed by atoms with Gasteiger partial charge >= 0.3 is 0 Å². The summed E-state index contributed by atoms with van der Waals surface area (Å²) in [5, 5.41) is 6.94. The van der Waals surface area contributed by atoms with E-state index < -0.39 is 0 Å². The highest BCUT2D eigenvalue weighted by atomic mass is 16.5. The van der Waals surface area contributed by atoms with Crippen LogP contribution in [0.1, 0.15) is 17.5 Å². The maximum absolute atomic E-state index is 5.40. The number of nitrogens with zero attached hydrogens (tertiary/aromatic N) is 2. The van der Waals surface area contributed by atoms with Crippen LogP contribution in [-0.4, -0.2) is 46.4 Å². The lowest BCUT2D eigenvalue weighted by molar-refractivity contribution is 0.394. The molecule has 28 heavy (non-hydrogen) atoms. The molecule has 0 radical (unpaired) electrons. The Labute approximate surface area is 167 Å². The van der Waals surface area contributed by atoms with Gasteiger partial charge in [-0.25, -0.2) is 0 Å². The quantitative estimate of drug-likeness (QED) is 0.594. The first-order valence-electron chi connectivity index (χ1n) is 9.62. The normalized spacial score (nSPS) is 16.8. The molecule has 1 aliphatic rings. The summed E-state index contributed by atoms with van der Waals surface area (Å²) >= 11 is 0. The molecule has 2 aromatic rings. The summed E-state index contributed by atoms with van der Waals surface area (Å²) in [6.07, 6.45) is 1.05. The van der Waals surface area contributed by atoms with E-state index in [0.717, 1.165) is 49.2 Å². The molecule has 2 aromatic carbocycles. The lowest BCUT2D eigenvalue weighted by Gasteiger charge is -2.21.